The van der Waals surface area contributed by atoms with Crippen LogP contribution in [0.4, 0.5) is 5.69 Å². The minimum absolute atomic E-state index is 0.118. The van der Waals surface area contributed by atoms with Gasteiger partial charge in [-0.2, -0.15) is 0 Å². The van der Waals surface area contributed by atoms with Crippen LogP contribution in [-0.4, -0.2) is 32.8 Å². The Hall–Kier alpha value is -1.75. The molecule has 0 atom stereocenters. The van der Waals surface area contributed by atoms with Crippen LogP contribution in [0, 0.1) is 0 Å². The summed E-state index contributed by atoms with van der Waals surface area (Å²) in [5.41, 5.74) is 6.85. The number of hydrogen-bond donors (Lipinski definition) is 2. The number of ether oxygens (including phenoxy) is 2. The highest BCUT2D eigenvalue weighted by Crippen LogP contribution is 2.22. The van der Waals surface area contributed by atoms with E-state index >= 15 is 0 Å². The summed E-state index contributed by atoms with van der Waals surface area (Å²) >= 11 is 0. The summed E-state index contributed by atoms with van der Waals surface area (Å²) in [6.07, 6.45) is 1.83. The van der Waals surface area contributed by atoms with E-state index in [0.717, 1.165) is 12.8 Å². The highest BCUT2D eigenvalue weighted by atomic mass is 16.5. The number of methoxy groups -OCH3 is 1. The van der Waals surface area contributed by atoms with Gasteiger partial charge in [-0.05, 0) is 38.0 Å². The van der Waals surface area contributed by atoms with Gasteiger partial charge in [0.25, 0.3) is 5.91 Å². The molecular formula is C14H22N2O3. The van der Waals surface area contributed by atoms with Crippen molar-refractivity contribution in [2.75, 3.05) is 32.6 Å². The first kappa shape index (κ1) is 15.3. The van der Waals surface area contributed by atoms with Crippen LogP contribution in [0.25, 0.3) is 0 Å². The molecule has 0 fully saturated rings. The van der Waals surface area contributed by atoms with E-state index in [1.165, 1.54) is 0 Å². The van der Waals surface area contributed by atoms with Crippen LogP contribution in [0.5, 0.6) is 5.75 Å². The summed E-state index contributed by atoms with van der Waals surface area (Å²) in [6, 6.07) is 5.07. The fourth-order valence-electron chi connectivity index (χ4n) is 1.65. The monoisotopic (exact) mass is 266 g/mol. The van der Waals surface area contributed by atoms with Gasteiger partial charge in [-0.25, -0.2) is 0 Å². The maximum atomic E-state index is 11.9. The third-order valence-corrected chi connectivity index (χ3v) is 2.63. The minimum atomic E-state index is -0.118. The van der Waals surface area contributed by atoms with E-state index in [9.17, 15) is 4.79 Å². The molecule has 3 N–H and O–H groups in total. The number of nitrogen functional groups attached to an aromatic ring is 1. The first-order chi connectivity index (χ1) is 9.19. The van der Waals surface area contributed by atoms with Crippen molar-refractivity contribution < 1.29 is 14.3 Å². The quantitative estimate of drug-likeness (QED) is 0.556. The molecule has 0 saturated carbocycles. The molecule has 106 valence electrons. The van der Waals surface area contributed by atoms with Crippen molar-refractivity contribution in [2.45, 2.75) is 19.8 Å². The Bertz CT molecular complexity index is 408. The second kappa shape index (κ2) is 8.37. The van der Waals surface area contributed by atoms with E-state index < -0.39 is 0 Å². The van der Waals surface area contributed by atoms with Crippen LogP contribution >= 0.6 is 0 Å². The van der Waals surface area contributed by atoms with Gasteiger partial charge < -0.3 is 20.5 Å². The topological polar surface area (TPSA) is 73.6 Å². The summed E-state index contributed by atoms with van der Waals surface area (Å²) in [7, 11) is 1.67. The summed E-state index contributed by atoms with van der Waals surface area (Å²) in [5.74, 6) is 0.492. The second-order valence-electron chi connectivity index (χ2n) is 4.14. The lowest BCUT2D eigenvalue weighted by Crippen LogP contribution is -2.24. The average Bonchev–Trinajstić information content (AvgIpc) is 2.41. The molecule has 1 rings (SSSR count). The normalized spacial score (nSPS) is 10.2. The number of benzene rings is 1. The standard InChI is InChI=1S/C14H22N2O3/c1-3-19-13-7-6-11(10-12(13)15)14(17)16-8-4-5-9-18-2/h6-7,10H,3-5,8-9,15H2,1-2H3,(H,16,17). The summed E-state index contributed by atoms with van der Waals surface area (Å²) < 4.78 is 10.3. The summed E-state index contributed by atoms with van der Waals surface area (Å²) in [5, 5.41) is 2.85. The second-order valence-corrected chi connectivity index (χ2v) is 4.14. The summed E-state index contributed by atoms with van der Waals surface area (Å²) in [4.78, 5) is 11.9. The molecule has 5 nitrogen and oxygen atoms in total. The van der Waals surface area contributed by atoms with Crippen molar-refractivity contribution in [2.24, 2.45) is 0 Å². The maximum Gasteiger partial charge on any atom is 0.251 e. The van der Waals surface area contributed by atoms with Crippen molar-refractivity contribution >= 4 is 11.6 Å². The Morgan fingerprint density at radius 3 is 2.79 bits per heavy atom. The molecule has 19 heavy (non-hydrogen) atoms. The number of hydrogen-bond acceptors (Lipinski definition) is 4. The van der Waals surface area contributed by atoms with Crippen molar-refractivity contribution in [3.05, 3.63) is 23.8 Å². The molecule has 0 spiro atoms. The molecule has 0 saturated heterocycles. The zero-order valence-electron chi connectivity index (χ0n) is 11.6. The third kappa shape index (κ3) is 5.18. The number of nitrogens with two attached hydrogens (primary N) is 1. The van der Waals surface area contributed by atoms with E-state index in [1.54, 1.807) is 25.3 Å². The van der Waals surface area contributed by atoms with Crippen molar-refractivity contribution in [1.29, 1.82) is 0 Å². The number of unbranched alkanes of at least 4 members (excludes halogenated alkanes) is 1. The predicted octanol–water partition coefficient (Wildman–Crippen LogP) is 1.82. The predicted molar refractivity (Wildman–Crippen MR) is 75.5 cm³/mol. The number of carbonyl (C=O) groups is 1. The molecule has 5 heteroatoms. The van der Waals surface area contributed by atoms with Crippen molar-refractivity contribution in [3.63, 3.8) is 0 Å². The van der Waals surface area contributed by atoms with Crippen LogP contribution in [0.1, 0.15) is 30.1 Å². The first-order valence-corrected chi connectivity index (χ1v) is 6.48. The number of nitrogens with one attached hydrogen (secondary N) is 1. The number of anilines is 1. The van der Waals surface area contributed by atoms with Gasteiger partial charge in [0, 0.05) is 25.8 Å². The fraction of sp³-hybridized carbons (Fsp3) is 0.500. The minimum Gasteiger partial charge on any atom is -0.492 e. The number of amides is 1. The highest BCUT2D eigenvalue weighted by molar-refractivity contribution is 5.95. The molecule has 1 amide bonds. The zero-order chi connectivity index (χ0) is 14.1. The van der Waals surface area contributed by atoms with E-state index in [0.29, 0.717) is 36.8 Å². The molecule has 0 unspecified atom stereocenters. The molecule has 0 aliphatic rings. The molecule has 0 aromatic heterocycles. The van der Waals surface area contributed by atoms with Crippen LogP contribution < -0.4 is 15.8 Å². The third-order valence-electron chi connectivity index (χ3n) is 2.63. The van der Waals surface area contributed by atoms with E-state index in [-0.39, 0.29) is 5.91 Å². The SMILES string of the molecule is CCOc1ccc(C(=O)NCCCCOC)cc1N. The molecule has 1 aromatic rings. The largest absolute Gasteiger partial charge is 0.492 e. The lowest BCUT2D eigenvalue weighted by Gasteiger charge is -2.09. The van der Waals surface area contributed by atoms with Gasteiger partial charge in [0.2, 0.25) is 0 Å². The Balaban J connectivity index is 2.46. The van der Waals surface area contributed by atoms with Crippen molar-refractivity contribution in [1.82, 2.24) is 5.32 Å². The van der Waals surface area contributed by atoms with Crippen LogP contribution in [-0.2, 0) is 4.74 Å². The molecular weight excluding hydrogens is 244 g/mol. The van der Waals surface area contributed by atoms with Crippen LogP contribution in [0.2, 0.25) is 0 Å². The first-order valence-electron chi connectivity index (χ1n) is 6.48. The molecule has 0 aliphatic carbocycles. The lowest BCUT2D eigenvalue weighted by atomic mass is 10.1. The van der Waals surface area contributed by atoms with Gasteiger partial charge >= 0.3 is 0 Å². The summed E-state index contributed by atoms with van der Waals surface area (Å²) in [6.45, 7) is 3.79. The van der Waals surface area contributed by atoms with Gasteiger partial charge in [-0.1, -0.05) is 0 Å². The van der Waals surface area contributed by atoms with Gasteiger partial charge in [-0.3, -0.25) is 4.79 Å². The molecule has 0 bridgehead atoms. The zero-order valence-corrected chi connectivity index (χ0v) is 11.6. The van der Waals surface area contributed by atoms with Gasteiger partial charge in [-0.15, -0.1) is 0 Å². The van der Waals surface area contributed by atoms with Crippen molar-refractivity contribution in [3.8, 4) is 5.75 Å². The van der Waals surface area contributed by atoms with E-state index in [1.807, 2.05) is 6.92 Å². The Kier molecular flexibility index (Phi) is 6.74. The Morgan fingerprint density at radius 2 is 2.16 bits per heavy atom. The molecule has 0 aliphatic heterocycles. The smallest absolute Gasteiger partial charge is 0.251 e. The average molecular weight is 266 g/mol. The van der Waals surface area contributed by atoms with Crippen LogP contribution in [0.3, 0.4) is 0 Å². The molecule has 1 aromatic carbocycles. The fourth-order valence-corrected chi connectivity index (χ4v) is 1.65. The number of rotatable bonds is 8. The Morgan fingerprint density at radius 1 is 1.37 bits per heavy atom. The van der Waals surface area contributed by atoms with Gasteiger partial charge in [0.15, 0.2) is 0 Å². The molecule has 0 heterocycles. The lowest BCUT2D eigenvalue weighted by molar-refractivity contribution is 0.0951. The highest BCUT2D eigenvalue weighted by Gasteiger charge is 2.08. The maximum absolute atomic E-state index is 11.9. The van der Waals surface area contributed by atoms with Crippen LogP contribution in [0.15, 0.2) is 18.2 Å². The van der Waals surface area contributed by atoms with E-state index in [4.69, 9.17) is 15.2 Å². The van der Waals surface area contributed by atoms with Gasteiger partial charge in [0.1, 0.15) is 5.75 Å². The van der Waals surface area contributed by atoms with Gasteiger partial charge in [0.05, 0.1) is 12.3 Å². The number of carbonyl (C=O) groups excluding carboxylic acids is 1. The Labute approximate surface area is 114 Å². The molecule has 0 radical (unpaired) electrons. The van der Waals surface area contributed by atoms with E-state index in [2.05, 4.69) is 5.32 Å².